The maximum absolute atomic E-state index is 13.9. The fraction of sp³-hybridized carbons (Fsp3) is 1.00. The van der Waals surface area contributed by atoms with Crippen LogP contribution in [0.15, 0.2) is 0 Å². The van der Waals surface area contributed by atoms with Crippen LogP contribution < -0.4 is 0 Å². The summed E-state index contributed by atoms with van der Waals surface area (Å²) in [7, 11) is -8.04. The Bertz CT molecular complexity index is 707. The van der Waals surface area contributed by atoms with Gasteiger partial charge >= 0.3 is 45.2 Å². The second-order valence-corrected chi connectivity index (χ2v) is 6.65. The molecule has 18 heteroatoms. The quantitative estimate of drug-likeness (QED) is 0.451. The molecule has 0 amide bonds. The molecule has 0 radical (unpaired) electrons. The van der Waals surface area contributed by atoms with Crippen LogP contribution >= 0.6 is 0 Å². The lowest BCUT2D eigenvalue weighted by Crippen LogP contribution is -2.72. The number of hydrogen-bond acceptors (Lipinski definition) is 4. The van der Waals surface area contributed by atoms with Crippen molar-refractivity contribution in [3.8, 4) is 0 Å². The molecule has 0 aromatic rings. The Morgan fingerprint density at radius 1 is 0.852 bits per heavy atom. The van der Waals surface area contributed by atoms with Crippen molar-refractivity contribution in [2.75, 3.05) is 6.67 Å². The molecule has 0 N–H and O–H groups in total. The first kappa shape index (κ1) is 24.0. The highest BCUT2D eigenvalue weighted by molar-refractivity contribution is 7.87. The van der Waals surface area contributed by atoms with E-state index in [9.17, 15) is 65.0 Å². The Morgan fingerprint density at radius 3 is 1.56 bits per heavy atom. The fourth-order valence-corrected chi connectivity index (χ4v) is 2.19. The first-order chi connectivity index (χ1) is 11.5. The highest BCUT2D eigenvalue weighted by Gasteiger charge is 2.94. The summed E-state index contributed by atoms with van der Waals surface area (Å²) < 4.78 is 197. The Labute approximate surface area is 140 Å². The summed E-state index contributed by atoms with van der Waals surface area (Å²) in [5.41, 5.74) is 0. The normalized spacial score (nSPS) is 30.6. The molecule has 1 aliphatic rings. The lowest BCUT2D eigenvalue weighted by molar-refractivity contribution is -0.437. The van der Waals surface area contributed by atoms with Gasteiger partial charge in [-0.15, -0.1) is 0 Å². The molecule has 1 fully saturated rings. The predicted octanol–water partition coefficient (Wildman–Crippen LogP) is 3.78. The van der Waals surface area contributed by atoms with Crippen molar-refractivity contribution >= 4 is 10.2 Å². The van der Waals surface area contributed by atoms with Crippen LogP contribution in [0.2, 0.25) is 0 Å². The molecule has 1 saturated heterocycles. The van der Waals surface area contributed by atoms with E-state index >= 15 is 0 Å². The van der Waals surface area contributed by atoms with Gasteiger partial charge in [-0.25, -0.2) is 4.39 Å². The van der Waals surface area contributed by atoms with Gasteiger partial charge in [-0.05, 0) is 6.92 Å². The summed E-state index contributed by atoms with van der Waals surface area (Å²) in [5, 5.41) is -7.62. The smallest absolute Gasteiger partial charge is 0.299 e. The molecule has 1 rings (SSSR count). The van der Waals surface area contributed by atoms with Gasteiger partial charge in [0.2, 0.25) is 5.79 Å². The predicted molar refractivity (Wildman–Crippen MR) is 55.2 cm³/mol. The summed E-state index contributed by atoms with van der Waals surface area (Å²) >= 11 is 0. The first-order valence-electron chi connectivity index (χ1n) is 5.96. The molecule has 0 spiro atoms. The van der Waals surface area contributed by atoms with E-state index in [4.69, 9.17) is 0 Å². The van der Waals surface area contributed by atoms with E-state index in [-0.39, 0.29) is 6.92 Å². The SMILES string of the molecule is CC1(CF)OC(F)(F)C(F)(C(F)(F)C(F)(F)C(F)(F)C(F)(F)S(=O)(=O)F)O1. The molecule has 27 heavy (non-hydrogen) atoms. The van der Waals surface area contributed by atoms with E-state index in [1.54, 1.807) is 0 Å². The topological polar surface area (TPSA) is 52.6 Å². The molecule has 0 aromatic carbocycles. The molecule has 1 aliphatic heterocycles. The molecule has 162 valence electrons. The van der Waals surface area contributed by atoms with Crippen LogP contribution in [0.1, 0.15) is 6.92 Å². The third kappa shape index (κ3) is 2.85. The molecule has 0 saturated carbocycles. The van der Waals surface area contributed by atoms with Crippen molar-refractivity contribution in [1.82, 2.24) is 0 Å². The Kier molecular flexibility index (Phi) is 5.10. The van der Waals surface area contributed by atoms with Crippen molar-refractivity contribution in [2.45, 2.75) is 47.7 Å². The summed E-state index contributed by atoms with van der Waals surface area (Å²) in [6.07, 6.45) is -6.33. The van der Waals surface area contributed by atoms with Crippen molar-refractivity contribution in [2.24, 2.45) is 0 Å². The standard InChI is InChI=1S/C9H5F13O4S/c1-3(2-10)25-7(17,8(18,19)26-3)5(13,14)4(11,12)6(15,16)9(20,21)27(22,23)24/h2H2,1H3. The van der Waals surface area contributed by atoms with Crippen molar-refractivity contribution in [3.05, 3.63) is 0 Å². The van der Waals surface area contributed by atoms with Gasteiger partial charge in [-0.2, -0.15) is 56.7 Å². The van der Waals surface area contributed by atoms with E-state index in [1.165, 1.54) is 0 Å². The Balaban J connectivity index is 3.66. The average Bonchev–Trinajstić information content (AvgIpc) is 2.63. The monoisotopic (exact) mass is 456 g/mol. The van der Waals surface area contributed by atoms with E-state index < -0.39 is 57.7 Å². The van der Waals surface area contributed by atoms with Gasteiger partial charge in [0.25, 0.3) is 0 Å². The number of hydrogen-bond donors (Lipinski definition) is 0. The molecule has 0 aliphatic carbocycles. The van der Waals surface area contributed by atoms with E-state index in [1.807, 2.05) is 0 Å². The summed E-state index contributed by atoms with van der Waals surface area (Å²) in [6, 6.07) is 0. The minimum absolute atomic E-state index is 0.0742. The second-order valence-electron chi connectivity index (χ2n) is 5.26. The van der Waals surface area contributed by atoms with E-state index in [0.29, 0.717) is 0 Å². The Hall–Kier alpha value is -1.04. The highest BCUT2D eigenvalue weighted by atomic mass is 32.3. The second kappa shape index (κ2) is 5.74. The molecule has 0 aromatic heterocycles. The van der Waals surface area contributed by atoms with E-state index in [2.05, 4.69) is 9.47 Å². The average molecular weight is 456 g/mol. The minimum atomic E-state index is -8.04. The molecule has 4 nitrogen and oxygen atoms in total. The summed E-state index contributed by atoms with van der Waals surface area (Å²) in [5.74, 6) is -34.2. The molecular formula is C9H5F13O4S. The van der Waals surface area contributed by atoms with Gasteiger partial charge < -0.3 is 0 Å². The van der Waals surface area contributed by atoms with Gasteiger partial charge in [-0.3, -0.25) is 9.47 Å². The number of halogens is 13. The van der Waals surface area contributed by atoms with Crippen molar-refractivity contribution in [3.63, 3.8) is 0 Å². The zero-order valence-electron chi connectivity index (χ0n) is 12.2. The van der Waals surface area contributed by atoms with Crippen molar-refractivity contribution < 1.29 is 74.5 Å². The highest BCUT2D eigenvalue weighted by Crippen LogP contribution is 2.63. The lowest BCUT2D eigenvalue weighted by Gasteiger charge is -2.40. The van der Waals surface area contributed by atoms with Gasteiger partial charge in [0.15, 0.2) is 0 Å². The van der Waals surface area contributed by atoms with Crippen LogP contribution in [0, 0.1) is 0 Å². The van der Waals surface area contributed by atoms with Gasteiger partial charge in [-0.1, -0.05) is 3.89 Å². The van der Waals surface area contributed by atoms with Crippen LogP contribution in [0.4, 0.5) is 56.6 Å². The van der Waals surface area contributed by atoms with Crippen LogP contribution in [0.3, 0.4) is 0 Å². The van der Waals surface area contributed by atoms with Gasteiger partial charge in [0.1, 0.15) is 6.67 Å². The summed E-state index contributed by atoms with van der Waals surface area (Å²) in [6.45, 7) is -2.52. The Morgan fingerprint density at radius 2 is 1.26 bits per heavy atom. The molecule has 1 heterocycles. The third-order valence-electron chi connectivity index (χ3n) is 3.18. The number of alkyl halides is 12. The lowest BCUT2D eigenvalue weighted by atomic mass is 9.96. The third-order valence-corrected chi connectivity index (χ3v) is 4.05. The number of ether oxygens (including phenoxy) is 2. The van der Waals surface area contributed by atoms with Crippen LogP contribution in [0.25, 0.3) is 0 Å². The summed E-state index contributed by atoms with van der Waals surface area (Å²) in [4.78, 5) is 0. The number of rotatable bonds is 6. The van der Waals surface area contributed by atoms with Crippen LogP contribution in [0.5, 0.6) is 0 Å². The van der Waals surface area contributed by atoms with Crippen LogP contribution in [-0.4, -0.2) is 55.9 Å². The zero-order valence-corrected chi connectivity index (χ0v) is 13.0. The fourth-order valence-electron chi connectivity index (χ4n) is 1.75. The maximum Gasteiger partial charge on any atom is 0.442 e. The zero-order chi connectivity index (χ0) is 22.1. The molecule has 2 unspecified atom stereocenters. The van der Waals surface area contributed by atoms with Crippen molar-refractivity contribution in [1.29, 1.82) is 0 Å². The van der Waals surface area contributed by atoms with Crippen LogP contribution in [-0.2, 0) is 19.7 Å². The maximum atomic E-state index is 13.9. The first-order valence-corrected chi connectivity index (χ1v) is 7.34. The molecule has 2 atom stereocenters. The molecular weight excluding hydrogens is 451 g/mol. The minimum Gasteiger partial charge on any atom is -0.299 e. The van der Waals surface area contributed by atoms with Gasteiger partial charge in [0.05, 0.1) is 0 Å². The van der Waals surface area contributed by atoms with Gasteiger partial charge in [0, 0.05) is 0 Å². The largest absolute Gasteiger partial charge is 0.442 e. The molecule has 0 bridgehead atoms. The van der Waals surface area contributed by atoms with E-state index in [0.717, 1.165) is 0 Å².